The largest absolute Gasteiger partial charge is 0.342 e. The minimum atomic E-state index is -3.91. The van der Waals surface area contributed by atoms with Crippen molar-refractivity contribution < 1.29 is 22.2 Å². The first-order valence-electron chi connectivity index (χ1n) is 6.09. The van der Waals surface area contributed by atoms with Gasteiger partial charge in [-0.15, -0.1) is 0 Å². The summed E-state index contributed by atoms with van der Waals surface area (Å²) in [5.41, 5.74) is -0.424. The van der Waals surface area contributed by atoms with Gasteiger partial charge in [-0.3, -0.25) is 9.35 Å². The van der Waals surface area contributed by atoms with Crippen LogP contribution in [-0.4, -0.2) is 61.8 Å². The van der Waals surface area contributed by atoms with Crippen molar-refractivity contribution in [2.24, 2.45) is 0 Å². The number of carbonyl (C=O) groups excluding carboxylic acids is 1. The first kappa shape index (κ1) is 18.1. The second-order valence-corrected chi connectivity index (χ2v) is 7.61. The SMILES string of the molecule is C=CC(=O)NC(C)(C)C[N+](C)(C)CCCS(=O)(=O)O. The predicted octanol–water partition coefficient (Wildman–Crippen LogP) is 0.422. The van der Waals surface area contributed by atoms with E-state index in [9.17, 15) is 13.2 Å². The fourth-order valence-corrected chi connectivity index (χ4v) is 2.74. The molecule has 0 bridgehead atoms. The minimum absolute atomic E-state index is 0.233. The molecule has 0 heterocycles. The molecular weight excluding hydrogens is 268 g/mol. The fraction of sp³-hybridized carbons (Fsp3) is 0.750. The van der Waals surface area contributed by atoms with Gasteiger partial charge in [-0.2, -0.15) is 8.42 Å². The summed E-state index contributed by atoms with van der Waals surface area (Å²) in [7, 11) is -0.00579. The first-order chi connectivity index (χ1) is 8.37. The Morgan fingerprint density at radius 1 is 1.42 bits per heavy atom. The molecule has 2 N–H and O–H groups in total. The zero-order valence-electron chi connectivity index (χ0n) is 12.1. The normalized spacial score (nSPS) is 13.1. The highest BCUT2D eigenvalue weighted by molar-refractivity contribution is 7.85. The quantitative estimate of drug-likeness (QED) is 0.386. The van der Waals surface area contributed by atoms with E-state index < -0.39 is 15.7 Å². The molecule has 0 fully saturated rings. The molecule has 0 saturated heterocycles. The van der Waals surface area contributed by atoms with Crippen molar-refractivity contribution in [2.45, 2.75) is 25.8 Å². The second-order valence-electron chi connectivity index (χ2n) is 6.03. The van der Waals surface area contributed by atoms with Crippen LogP contribution in [0.4, 0.5) is 0 Å². The van der Waals surface area contributed by atoms with Crippen molar-refractivity contribution in [1.82, 2.24) is 5.32 Å². The number of nitrogens with one attached hydrogen (secondary N) is 1. The molecule has 112 valence electrons. The average molecular weight is 293 g/mol. The maximum absolute atomic E-state index is 11.3. The first-order valence-corrected chi connectivity index (χ1v) is 7.70. The number of hydrogen-bond donors (Lipinski definition) is 2. The molecule has 19 heavy (non-hydrogen) atoms. The molecule has 7 heteroatoms. The molecular formula is C12H25N2O4S+. The van der Waals surface area contributed by atoms with E-state index in [1.54, 1.807) is 0 Å². The molecule has 0 spiro atoms. The summed E-state index contributed by atoms with van der Waals surface area (Å²) >= 11 is 0. The Balaban J connectivity index is 4.41. The summed E-state index contributed by atoms with van der Waals surface area (Å²) in [5, 5.41) is 2.83. The van der Waals surface area contributed by atoms with Crippen molar-refractivity contribution >= 4 is 16.0 Å². The highest BCUT2D eigenvalue weighted by Crippen LogP contribution is 2.11. The standard InChI is InChI=1S/C12H24N2O4S/c1-6-11(15)13-12(2,3)10-14(4,5)8-7-9-19(16,17)18/h6H,1,7-10H2,2-5H3,(H-,13,15,16,17,18)/p+1. The van der Waals surface area contributed by atoms with Crippen LogP contribution in [0.15, 0.2) is 12.7 Å². The number of nitrogens with zero attached hydrogens (tertiary/aromatic N) is 1. The Bertz CT molecular complexity index is 427. The Hall–Kier alpha value is -0.920. The molecule has 0 atom stereocenters. The molecule has 1 amide bonds. The lowest BCUT2D eigenvalue weighted by atomic mass is 10.0. The van der Waals surface area contributed by atoms with Gasteiger partial charge in [0, 0.05) is 6.42 Å². The fourth-order valence-electron chi connectivity index (χ4n) is 2.25. The molecule has 0 unspecified atom stereocenters. The van der Waals surface area contributed by atoms with Gasteiger partial charge in [-0.05, 0) is 19.9 Å². The van der Waals surface area contributed by atoms with Gasteiger partial charge >= 0.3 is 0 Å². The van der Waals surface area contributed by atoms with E-state index in [4.69, 9.17) is 4.55 Å². The van der Waals surface area contributed by atoms with Crippen LogP contribution in [0.5, 0.6) is 0 Å². The van der Waals surface area contributed by atoms with Crippen LogP contribution in [0.25, 0.3) is 0 Å². The smallest absolute Gasteiger partial charge is 0.265 e. The van der Waals surface area contributed by atoms with Crippen molar-refractivity contribution in [3.8, 4) is 0 Å². The Morgan fingerprint density at radius 2 is 1.95 bits per heavy atom. The Labute approximate surface area is 115 Å². The number of amides is 1. The lowest BCUT2D eigenvalue weighted by Gasteiger charge is -2.37. The number of quaternary nitrogens is 1. The van der Waals surface area contributed by atoms with E-state index in [1.807, 2.05) is 27.9 Å². The molecule has 0 rings (SSSR count). The highest BCUT2D eigenvalue weighted by atomic mass is 32.2. The van der Waals surface area contributed by atoms with E-state index in [0.29, 0.717) is 24.0 Å². The molecule has 0 aromatic rings. The number of carbonyl (C=O) groups is 1. The lowest BCUT2D eigenvalue weighted by Crippen LogP contribution is -2.57. The molecule has 0 radical (unpaired) electrons. The minimum Gasteiger partial charge on any atom is -0.342 e. The van der Waals surface area contributed by atoms with Gasteiger partial charge in [0.05, 0.1) is 31.9 Å². The van der Waals surface area contributed by atoms with Crippen LogP contribution in [0.3, 0.4) is 0 Å². The average Bonchev–Trinajstić information content (AvgIpc) is 2.11. The van der Waals surface area contributed by atoms with E-state index in [1.165, 1.54) is 6.08 Å². The van der Waals surface area contributed by atoms with Crippen LogP contribution in [0.1, 0.15) is 20.3 Å². The molecule has 0 aromatic heterocycles. The van der Waals surface area contributed by atoms with Crippen LogP contribution in [-0.2, 0) is 14.9 Å². The van der Waals surface area contributed by atoms with Crippen molar-refractivity contribution in [2.75, 3.05) is 32.9 Å². The molecule has 0 aliphatic rings. The summed E-state index contributed by atoms with van der Waals surface area (Å²) < 4.78 is 30.6. The van der Waals surface area contributed by atoms with Crippen LogP contribution >= 0.6 is 0 Å². The van der Waals surface area contributed by atoms with Crippen LogP contribution in [0.2, 0.25) is 0 Å². The summed E-state index contributed by atoms with van der Waals surface area (Å²) in [4.78, 5) is 11.3. The third kappa shape index (κ3) is 9.63. The van der Waals surface area contributed by atoms with Gasteiger partial charge in [0.25, 0.3) is 10.1 Å². The monoisotopic (exact) mass is 293 g/mol. The summed E-state index contributed by atoms with van der Waals surface area (Å²) in [5.74, 6) is -0.475. The zero-order chi connectivity index (χ0) is 15.3. The molecule has 0 aliphatic heterocycles. The van der Waals surface area contributed by atoms with Crippen LogP contribution < -0.4 is 5.32 Å². The van der Waals surface area contributed by atoms with Gasteiger partial charge < -0.3 is 9.80 Å². The van der Waals surface area contributed by atoms with E-state index in [0.717, 1.165) is 0 Å². The van der Waals surface area contributed by atoms with Crippen molar-refractivity contribution in [3.63, 3.8) is 0 Å². The van der Waals surface area contributed by atoms with Crippen molar-refractivity contribution in [3.05, 3.63) is 12.7 Å². The van der Waals surface area contributed by atoms with Gasteiger partial charge in [-0.1, -0.05) is 6.58 Å². The van der Waals surface area contributed by atoms with Crippen LogP contribution in [0, 0.1) is 0 Å². The van der Waals surface area contributed by atoms with E-state index in [2.05, 4.69) is 11.9 Å². The van der Waals surface area contributed by atoms with Gasteiger partial charge in [-0.25, -0.2) is 0 Å². The topological polar surface area (TPSA) is 83.5 Å². The Morgan fingerprint density at radius 3 is 2.37 bits per heavy atom. The summed E-state index contributed by atoms with van der Waals surface area (Å²) in [6.45, 7) is 8.43. The molecule has 6 nitrogen and oxygen atoms in total. The molecule has 0 saturated carbocycles. The van der Waals surface area contributed by atoms with Gasteiger partial charge in [0.2, 0.25) is 5.91 Å². The third-order valence-corrected chi connectivity index (χ3v) is 3.44. The second kappa shape index (κ2) is 6.49. The van der Waals surface area contributed by atoms with Gasteiger partial charge in [0.1, 0.15) is 6.54 Å². The zero-order valence-corrected chi connectivity index (χ0v) is 13.0. The summed E-state index contributed by atoms with van der Waals surface area (Å²) in [6.07, 6.45) is 1.59. The van der Waals surface area contributed by atoms with Gasteiger partial charge in [0.15, 0.2) is 0 Å². The maximum atomic E-state index is 11.3. The van der Waals surface area contributed by atoms with E-state index in [-0.39, 0.29) is 11.7 Å². The Kier molecular flexibility index (Phi) is 6.18. The third-order valence-electron chi connectivity index (χ3n) is 2.64. The molecule has 0 aromatic carbocycles. The molecule has 0 aliphatic carbocycles. The highest BCUT2D eigenvalue weighted by Gasteiger charge is 2.29. The number of rotatable bonds is 8. The maximum Gasteiger partial charge on any atom is 0.265 e. The van der Waals surface area contributed by atoms with E-state index >= 15 is 0 Å². The lowest BCUT2D eigenvalue weighted by molar-refractivity contribution is -0.893. The number of hydrogen-bond acceptors (Lipinski definition) is 3. The summed E-state index contributed by atoms with van der Waals surface area (Å²) in [6, 6.07) is 0. The van der Waals surface area contributed by atoms with Crippen molar-refractivity contribution in [1.29, 1.82) is 0 Å². The number of likely N-dealkylation sites (N-methyl/N-ethyl adjacent to an activating group) is 1. The predicted molar refractivity (Wildman–Crippen MR) is 75.3 cm³/mol.